The molecule has 154 valence electrons. The number of hydrazone groups is 1. The van der Waals surface area contributed by atoms with Gasteiger partial charge in [0, 0.05) is 10.0 Å². The molecule has 30 heavy (non-hydrogen) atoms. The zero-order valence-corrected chi connectivity index (χ0v) is 17.7. The van der Waals surface area contributed by atoms with E-state index in [9.17, 15) is 14.7 Å². The van der Waals surface area contributed by atoms with Crippen LogP contribution in [0.4, 0.5) is 0 Å². The molecule has 0 aliphatic heterocycles. The molecule has 0 saturated carbocycles. The van der Waals surface area contributed by atoms with Gasteiger partial charge in [-0.3, -0.25) is 9.59 Å². The largest absolute Gasteiger partial charge is 0.507 e. The number of hydrogen-bond acceptors (Lipinski definition) is 5. The molecule has 8 heteroatoms. The van der Waals surface area contributed by atoms with Gasteiger partial charge < -0.3 is 15.2 Å². The summed E-state index contributed by atoms with van der Waals surface area (Å²) in [5, 5.41) is 18.2. The second kappa shape index (κ2) is 9.89. The van der Waals surface area contributed by atoms with Crippen molar-refractivity contribution < 1.29 is 19.4 Å². The lowest BCUT2D eigenvalue weighted by atomic mass is 10.1. The van der Waals surface area contributed by atoms with Gasteiger partial charge in [0.2, 0.25) is 0 Å². The second-order valence-corrected chi connectivity index (χ2v) is 7.44. The third-order valence-corrected chi connectivity index (χ3v) is 4.72. The number of hydrogen-bond donors (Lipinski definition) is 3. The van der Waals surface area contributed by atoms with E-state index in [0.717, 1.165) is 15.2 Å². The van der Waals surface area contributed by atoms with Crippen LogP contribution in [0.15, 0.2) is 70.2 Å². The molecular weight excluding hydrogens is 450 g/mol. The van der Waals surface area contributed by atoms with Crippen molar-refractivity contribution in [2.24, 2.45) is 5.10 Å². The van der Waals surface area contributed by atoms with E-state index in [1.165, 1.54) is 19.2 Å². The van der Waals surface area contributed by atoms with E-state index in [-0.39, 0.29) is 12.4 Å². The molecular formula is C22H20BrN3O4. The van der Waals surface area contributed by atoms with Crippen LogP contribution in [-0.4, -0.2) is 35.8 Å². The number of carbonyl (C=O) groups is 2. The van der Waals surface area contributed by atoms with E-state index in [2.05, 4.69) is 31.8 Å². The molecule has 1 atom stereocenters. The zero-order valence-electron chi connectivity index (χ0n) is 16.1. The van der Waals surface area contributed by atoms with E-state index in [1.54, 1.807) is 18.2 Å². The number of nitrogens with zero attached hydrogens (tertiary/aromatic N) is 1. The summed E-state index contributed by atoms with van der Waals surface area (Å²) in [5.41, 5.74) is 2.76. The van der Waals surface area contributed by atoms with Crippen molar-refractivity contribution >= 4 is 44.7 Å². The Bertz CT molecular complexity index is 1100. The Labute approximate surface area is 181 Å². The number of aromatic hydroxyl groups is 1. The Morgan fingerprint density at radius 1 is 1.13 bits per heavy atom. The minimum atomic E-state index is -0.814. The number of carbonyl (C=O) groups excluding carboxylic acids is 2. The number of fused-ring (bicyclic) bond motifs is 1. The summed E-state index contributed by atoms with van der Waals surface area (Å²) in [6, 6.07) is 17.4. The lowest BCUT2D eigenvalue weighted by Crippen LogP contribution is -2.45. The molecule has 0 spiro atoms. The summed E-state index contributed by atoms with van der Waals surface area (Å²) >= 11 is 3.29. The number of nitrogens with one attached hydrogen (secondary N) is 2. The van der Waals surface area contributed by atoms with E-state index in [0.29, 0.717) is 11.3 Å². The van der Waals surface area contributed by atoms with E-state index in [4.69, 9.17) is 4.74 Å². The Kier molecular flexibility index (Phi) is 7.03. The van der Waals surface area contributed by atoms with Crippen molar-refractivity contribution in [2.45, 2.75) is 13.0 Å². The monoisotopic (exact) mass is 469 g/mol. The van der Waals surface area contributed by atoms with Crippen molar-refractivity contribution in [3.8, 4) is 11.5 Å². The number of phenols is 1. The molecule has 0 fully saturated rings. The fraction of sp³-hybridized carbons (Fsp3) is 0.136. The van der Waals surface area contributed by atoms with Crippen LogP contribution in [0, 0.1) is 0 Å². The standard InChI is InChI=1S/C22H20BrN3O4/c1-14(22(29)26-24-12-17-10-18(23)7-9-20(17)27)25-21(28)13-30-19-8-6-15-4-2-3-5-16(15)11-19/h2-12,14,27H,13H2,1H3,(H,25,28)(H,26,29)/b24-12+/t14-/m0/s1. The van der Waals surface area contributed by atoms with Crippen LogP contribution in [0.25, 0.3) is 10.8 Å². The molecule has 0 saturated heterocycles. The molecule has 3 rings (SSSR count). The van der Waals surface area contributed by atoms with Gasteiger partial charge in [-0.2, -0.15) is 5.10 Å². The van der Waals surface area contributed by atoms with E-state index < -0.39 is 17.9 Å². The van der Waals surface area contributed by atoms with Crippen molar-refractivity contribution in [3.63, 3.8) is 0 Å². The van der Waals surface area contributed by atoms with Crippen LogP contribution in [0.1, 0.15) is 12.5 Å². The highest BCUT2D eigenvalue weighted by Crippen LogP contribution is 2.21. The quantitative estimate of drug-likeness (QED) is 0.364. The third kappa shape index (κ3) is 5.81. The van der Waals surface area contributed by atoms with Crippen LogP contribution in [-0.2, 0) is 9.59 Å². The molecule has 0 aromatic heterocycles. The van der Waals surface area contributed by atoms with E-state index >= 15 is 0 Å². The minimum Gasteiger partial charge on any atom is -0.507 e. The molecule has 2 amide bonds. The molecule has 0 aliphatic rings. The first-order chi connectivity index (χ1) is 14.4. The lowest BCUT2D eigenvalue weighted by molar-refractivity contribution is -0.129. The van der Waals surface area contributed by atoms with Crippen LogP contribution in [0.2, 0.25) is 0 Å². The van der Waals surface area contributed by atoms with Crippen LogP contribution in [0.3, 0.4) is 0 Å². The molecule has 3 aromatic carbocycles. The number of phenolic OH excluding ortho intramolecular Hbond substituents is 1. The summed E-state index contributed by atoms with van der Waals surface area (Å²) in [5.74, 6) is -0.331. The third-order valence-electron chi connectivity index (χ3n) is 4.23. The fourth-order valence-electron chi connectivity index (χ4n) is 2.65. The molecule has 0 heterocycles. The van der Waals surface area contributed by atoms with Gasteiger partial charge in [-0.1, -0.05) is 46.3 Å². The fourth-order valence-corrected chi connectivity index (χ4v) is 3.02. The topological polar surface area (TPSA) is 100 Å². The highest BCUT2D eigenvalue weighted by molar-refractivity contribution is 9.10. The molecule has 0 unspecified atom stereocenters. The molecule has 0 bridgehead atoms. The average Bonchev–Trinajstić information content (AvgIpc) is 2.74. The number of amides is 2. The van der Waals surface area contributed by atoms with Gasteiger partial charge >= 0.3 is 0 Å². The summed E-state index contributed by atoms with van der Waals surface area (Å²) in [7, 11) is 0. The van der Waals surface area contributed by atoms with Crippen LogP contribution in [0.5, 0.6) is 11.5 Å². The van der Waals surface area contributed by atoms with Gasteiger partial charge in [-0.05, 0) is 48.0 Å². The number of benzene rings is 3. The van der Waals surface area contributed by atoms with Crippen molar-refractivity contribution in [2.75, 3.05) is 6.61 Å². The Hall–Kier alpha value is -3.39. The summed E-state index contributed by atoms with van der Waals surface area (Å²) in [6.45, 7) is 1.32. The van der Waals surface area contributed by atoms with Crippen molar-refractivity contribution in [3.05, 3.63) is 70.7 Å². The van der Waals surface area contributed by atoms with Crippen LogP contribution < -0.4 is 15.5 Å². The minimum absolute atomic E-state index is 0.0309. The highest BCUT2D eigenvalue weighted by atomic mass is 79.9. The maximum Gasteiger partial charge on any atom is 0.262 e. The number of rotatable bonds is 7. The smallest absolute Gasteiger partial charge is 0.262 e. The summed E-state index contributed by atoms with van der Waals surface area (Å²) in [4.78, 5) is 24.2. The second-order valence-electron chi connectivity index (χ2n) is 6.52. The molecule has 7 nitrogen and oxygen atoms in total. The maximum atomic E-state index is 12.1. The normalized spacial score (nSPS) is 11.9. The van der Waals surface area contributed by atoms with Crippen molar-refractivity contribution in [1.29, 1.82) is 0 Å². The summed E-state index contributed by atoms with van der Waals surface area (Å²) < 4.78 is 6.28. The first-order valence-corrected chi connectivity index (χ1v) is 9.94. The zero-order chi connectivity index (χ0) is 21.5. The van der Waals surface area contributed by atoms with E-state index in [1.807, 2.05) is 36.4 Å². The Morgan fingerprint density at radius 3 is 2.70 bits per heavy atom. The number of ether oxygens (including phenoxy) is 1. The highest BCUT2D eigenvalue weighted by Gasteiger charge is 2.15. The summed E-state index contributed by atoms with van der Waals surface area (Å²) in [6.07, 6.45) is 1.31. The average molecular weight is 470 g/mol. The maximum absolute atomic E-state index is 12.1. The predicted molar refractivity (Wildman–Crippen MR) is 119 cm³/mol. The molecule has 0 aliphatic carbocycles. The molecule has 3 N–H and O–H groups in total. The van der Waals surface area contributed by atoms with Gasteiger partial charge in [0.05, 0.1) is 6.21 Å². The van der Waals surface area contributed by atoms with Gasteiger partial charge in [0.25, 0.3) is 11.8 Å². The number of halogens is 1. The first-order valence-electron chi connectivity index (χ1n) is 9.15. The SMILES string of the molecule is C[C@H](NC(=O)COc1ccc2ccccc2c1)C(=O)N/N=C/c1cc(Br)ccc1O. The predicted octanol–water partition coefficient (Wildman–Crippen LogP) is 3.34. The molecule has 3 aromatic rings. The van der Waals surface area contributed by atoms with Gasteiger partial charge in [0.15, 0.2) is 6.61 Å². The van der Waals surface area contributed by atoms with Gasteiger partial charge in [0.1, 0.15) is 17.5 Å². The van der Waals surface area contributed by atoms with Crippen molar-refractivity contribution in [1.82, 2.24) is 10.7 Å². The molecule has 0 radical (unpaired) electrons. The Morgan fingerprint density at radius 2 is 1.90 bits per heavy atom. The van der Waals surface area contributed by atoms with Gasteiger partial charge in [-0.25, -0.2) is 5.43 Å². The lowest BCUT2D eigenvalue weighted by Gasteiger charge is -2.13. The first kappa shape index (κ1) is 21.3. The van der Waals surface area contributed by atoms with Gasteiger partial charge in [-0.15, -0.1) is 0 Å². The Balaban J connectivity index is 1.47. The van der Waals surface area contributed by atoms with Crippen LogP contribution >= 0.6 is 15.9 Å².